The second-order valence-electron chi connectivity index (χ2n) is 6.34. The van der Waals surface area contributed by atoms with E-state index in [1.165, 1.54) is 0 Å². The van der Waals surface area contributed by atoms with E-state index in [9.17, 15) is 0 Å². The molecule has 152 valence electrons. The first kappa shape index (κ1) is 21.1. The predicted molar refractivity (Wildman–Crippen MR) is 123 cm³/mol. The first-order chi connectivity index (χ1) is 14.6. The highest BCUT2D eigenvalue weighted by Gasteiger charge is 2.16. The highest BCUT2D eigenvalue weighted by atomic mass is 35.5. The predicted octanol–water partition coefficient (Wildman–Crippen LogP) is 7.10. The van der Waals surface area contributed by atoms with Crippen molar-refractivity contribution in [2.24, 2.45) is 0 Å². The van der Waals surface area contributed by atoms with Gasteiger partial charge in [-0.3, -0.25) is 4.57 Å². The van der Waals surface area contributed by atoms with Crippen LogP contribution in [0.25, 0.3) is 5.69 Å². The lowest BCUT2D eigenvalue weighted by Crippen LogP contribution is -2.06. The zero-order chi connectivity index (χ0) is 20.9. The van der Waals surface area contributed by atoms with Crippen LogP contribution in [0.1, 0.15) is 11.4 Å². The van der Waals surface area contributed by atoms with E-state index < -0.39 is 0 Å². The molecule has 0 unspecified atom stereocenters. The van der Waals surface area contributed by atoms with Crippen LogP contribution in [0.15, 0.2) is 78.0 Å². The average Bonchev–Trinajstić information content (AvgIpc) is 3.16. The van der Waals surface area contributed by atoms with Crippen LogP contribution in [0, 0.1) is 0 Å². The van der Waals surface area contributed by atoms with E-state index in [4.69, 9.17) is 39.5 Å². The summed E-state index contributed by atoms with van der Waals surface area (Å²) >= 11 is 19.8. The summed E-state index contributed by atoms with van der Waals surface area (Å²) in [6.07, 6.45) is 0. The SMILES string of the molecule is Clc1ccc(OCc2nnc(SCc3ccc(Cl)cc3Cl)n2-c2ccccc2)cc1. The number of hydrogen-bond donors (Lipinski definition) is 0. The van der Waals surface area contributed by atoms with Gasteiger partial charge >= 0.3 is 0 Å². The van der Waals surface area contributed by atoms with Crippen molar-refractivity contribution >= 4 is 46.6 Å². The van der Waals surface area contributed by atoms with Crippen molar-refractivity contribution in [2.45, 2.75) is 17.5 Å². The van der Waals surface area contributed by atoms with Gasteiger partial charge in [0.1, 0.15) is 12.4 Å². The van der Waals surface area contributed by atoms with E-state index in [-0.39, 0.29) is 6.61 Å². The van der Waals surface area contributed by atoms with Crippen molar-refractivity contribution in [3.63, 3.8) is 0 Å². The highest BCUT2D eigenvalue weighted by Crippen LogP contribution is 2.30. The van der Waals surface area contributed by atoms with Crippen LogP contribution in [0.5, 0.6) is 5.75 Å². The third-order valence-electron chi connectivity index (χ3n) is 4.27. The van der Waals surface area contributed by atoms with Gasteiger partial charge in [-0.15, -0.1) is 10.2 Å². The van der Waals surface area contributed by atoms with E-state index in [0.29, 0.717) is 32.4 Å². The molecule has 4 nitrogen and oxygen atoms in total. The summed E-state index contributed by atoms with van der Waals surface area (Å²) in [6, 6.07) is 22.7. The van der Waals surface area contributed by atoms with Gasteiger partial charge < -0.3 is 4.74 Å². The zero-order valence-corrected chi connectivity index (χ0v) is 18.7. The lowest BCUT2D eigenvalue weighted by atomic mass is 10.2. The van der Waals surface area contributed by atoms with Crippen LogP contribution >= 0.6 is 46.6 Å². The van der Waals surface area contributed by atoms with E-state index in [0.717, 1.165) is 16.4 Å². The monoisotopic (exact) mass is 475 g/mol. The van der Waals surface area contributed by atoms with Gasteiger partial charge in [0, 0.05) is 26.5 Å². The van der Waals surface area contributed by atoms with Crippen molar-refractivity contribution in [2.75, 3.05) is 0 Å². The Labute approximate surface area is 193 Å². The van der Waals surface area contributed by atoms with Crippen molar-refractivity contribution in [1.82, 2.24) is 14.8 Å². The van der Waals surface area contributed by atoms with E-state index in [2.05, 4.69) is 10.2 Å². The van der Waals surface area contributed by atoms with E-state index in [1.807, 2.05) is 59.2 Å². The molecule has 0 amide bonds. The molecule has 0 radical (unpaired) electrons. The standard InChI is InChI=1S/C22H16Cl3N3OS/c23-16-8-10-19(11-9-16)29-13-21-26-27-22(28(21)18-4-2-1-3-5-18)30-14-15-6-7-17(24)12-20(15)25/h1-12H,13-14H2. The Morgan fingerprint density at radius 2 is 1.57 bits per heavy atom. The van der Waals surface area contributed by atoms with Crippen LogP contribution in [0.3, 0.4) is 0 Å². The summed E-state index contributed by atoms with van der Waals surface area (Å²) in [6.45, 7) is 0.270. The fourth-order valence-corrected chi connectivity index (χ4v) is 4.44. The normalized spacial score (nSPS) is 10.9. The van der Waals surface area contributed by atoms with Crippen molar-refractivity contribution in [3.05, 3.63) is 99.3 Å². The highest BCUT2D eigenvalue weighted by molar-refractivity contribution is 7.98. The molecular weight excluding hydrogens is 461 g/mol. The molecule has 30 heavy (non-hydrogen) atoms. The maximum absolute atomic E-state index is 6.32. The number of para-hydroxylation sites is 1. The number of aromatic nitrogens is 3. The third kappa shape index (κ3) is 5.10. The van der Waals surface area contributed by atoms with Gasteiger partial charge in [-0.05, 0) is 54.1 Å². The summed E-state index contributed by atoms with van der Waals surface area (Å²) in [7, 11) is 0. The van der Waals surface area contributed by atoms with Crippen molar-refractivity contribution in [1.29, 1.82) is 0 Å². The smallest absolute Gasteiger partial charge is 0.196 e. The zero-order valence-electron chi connectivity index (χ0n) is 15.6. The Bertz CT molecular complexity index is 1130. The fourth-order valence-electron chi connectivity index (χ4n) is 2.78. The maximum atomic E-state index is 6.32. The second kappa shape index (κ2) is 9.75. The number of nitrogens with zero attached hydrogens (tertiary/aromatic N) is 3. The molecule has 1 aromatic heterocycles. The Morgan fingerprint density at radius 1 is 0.833 bits per heavy atom. The molecule has 0 saturated carbocycles. The summed E-state index contributed by atoms with van der Waals surface area (Å²) in [5.74, 6) is 2.05. The molecule has 4 aromatic rings. The van der Waals surface area contributed by atoms with Gasteiger partial charge in [0.05, 0.1) is 0 Å². The minimum Gasteiger partial charge on any atom is -0.486 e. The first-order valence-electron chi connectivity index (χ1n) is 9.05. The van der Waals surface area contributed by atoms with Gasteiger partial charge in [-0.2, -0.15) is 0 Å². The van der Waals surface area contributed by atoms with E-state index >= 15 is 0 Å². The number of halogens is 3. The lowest BCUT2D eigenvalue weighted by molar-refractivity contribution is 0.293. The fraction of sp³-hybridized carbons (Fsp3) is 0.0909. The Morgan fingerprint density at radius 3 is 2.30 bits per heavy atom. The molecule has 0 aliphatic carbocycles. The topological polar surface area (TPSA) is 39.9 Å². The minimum atomic E-state index is 0.270. The molecule has 0 bridgehead atoms. The third-order valence-corrected chi connectivity index (χ3v) is 6.08. The molecule has 4 rings (SSSR count). The molecule has 3 aromatic carbocycles. The summed E-state index contributed by atoms with van der Waals surface area (Å²) < 4.78 is 7.88. The largest absolute Gasteiger partial charge is 0.486 e. The Balaban J connectivity index is 1.58. The van der Waals surface area contributed by atoms with Gasteiger partial charge in [0.25, 0.3) is 0 Å². The Hall–Kier alpha value is -2.18. The van der Waals surface area contributed by atoms with Crippen LogP contribution < -0.4 is 4.74 Å². The van der Waals surface area contributed by atoms with Gasteiger partial charge in [-0.1, -0.05) is 70.8 Å². The van der Waals surface area contributed by atoms with Gasteiger partial charge in [-0.25, -0.2) is 0 Å². The lowest BCUT2D eigenvalue weighted by Gasteiger charge is -2.11. The molecule has 0 aliphatic rings. The van der Waals surface area contributed by atoms with Crippen LogP contribution in [0.2, 0.25) is 15.1 Å². The number of ether oxygens (including phenoxy) is 1. The van der Waals surface area contributed by atoms with E-state index in [1.54, 1.807) is 30.0 Å². The molecule has 1 heterocycles. The number of thioether (sulfide) groups is 1. The number of benzene rings is 3. The summed E-state index contributed by atoms with van der Waals surface area (Å²) in [5, 5.41) is 11.4. The molecule has 8 heteroatoms. The Kier molecular flexibility index (Phi) is 6.85. The van der Waals surface area contributed by atoms with Gasteiger partial charge in [0.2, 0.25) is 0 Å². The molecule has 0 saturated heterocycles. The first-order valence-corrected chi connectivity index (χ1v) is 11.2. The van der Waals surface area contributed by atoms with Crippen molar-refractivity contribution in [3.8, 4) is 11.4 Å². The second-order valence-corrected chi connectivity index (χ2v) is 8.56. The molecule has 0 N–H and O–H groups in total. The van der Waals surface area contributed by atoms with Crippen molar-refractivity contribution < 1.29 is 4.74 Å². The molecule has 0 spiro atoms. The number of rotatable bonds is 7. The molecule has 0 aliphatic heterocycles. The minimum absolute atomic E-state index is 0.270. The van der Waals surface area contributed by atoms with Crippen LogP contribution in [-0.2, 0) is 12.4 Å². The number of hydrogen-bond acceptors (Lipinski definition) is 4. The van der Waals surface area contributed by atoms with Gasteiger partial charge in [0.15, 0.2) is 11.0 Å². The summed E-state index contributed by atoms with van der Waals surface area (Å²) in [4.78, 5) is 0. The molecule has 0 fully saturated rings. The molecule has 0 atom stereocenters. The average molecular weight is 477 g/mol. The summed E-state index contributed by atoms with van der Waals surface area (Å²) in [5.41, 5.74) is 1.94. The van der Waals surface area contributed by atoms with Crippen LogP contribution in [0.4, 0.5) is 0 Å². The maximum Gasteiger partial charge on any atom is 0.196 e. The quantitative estimate of drug-likeness (QED) is 0.267. The van der Waals surface area contributed by atoms with Crippen LogP contribution in [-0.4, -0.2) is 14.8 Å². The molecular formula is C22H16Cl3N3OS.